The summed E-state index contributed by atoms with van der Waals surface area (Å²) in [6.07, 6.45) is 3.05. The van der Waals surface area contributed by atoms with Crippen molar-refractivity contribution in [3.8, 4) is 5.75 Å². The molecule has 2 aromatic rings. The summed E-state index contributed by atoms with van der Waals surface area (Å²) in [5.74, 6) is 5.77. The van der Waals surface area contributed by atoms with Crippen LogP contribution >= 0.6 is 11.6 Å². The molecule has 0 atom stereocenters. The minimum Gasteiger partial charge on any atom is -0.484 e. The number of nitrogen functional groups attached to an aromatic ring is 1. The van der Waals surface area contributed by atoms with Crippen molar-refractivity contribution in [2.24, 2.45) is 5.84 Å². The van der Waals surface area contributed by atoms with Crippen molar-refractivity contribution >= 4 is 17.5 Å². The lowest BCUT2D eigenvalue weighted by molar-refractivity contribution is 0.0921. The third-order valence-electron chi connectivity index (χ3n) is 2.37. The molecule has 2 aromatic heterocycles. The molecule has 0 aliphatic rings. The van der Waals surface area contributed by atoms with Gasteiger partial charge >= 0.3 is 5.91 Å². The number of hydrazine groups is 1. The number of rotatable bonds is 4. The smallest absolute Gasteiger partial charge is 0.301 e. The SMILES string of the molecule is Cc1cc(COc2cncc(Cl)c2)oc1C(=O)NN. The second-order valence-corrected chi connectivity index (χ2v) is 4.26. The Bertz CT molecular complexity index is 598. The Labute approximate surface area is 114 Å². The topological polar surface area (TPSA) is 90.4 Å². The second kappa shape index (κ2) is 5.73. The number of nitrogens with one attached hydrogen (secondary N) is 1. The van der Waals surface area contributed by atoms with Gasteiger partial charge in [-0.05, 0) is 13.0 Å². The van der Waals surface area contributed by atoms with Crippen LogP contribution in [0.15, 0.2) is 28.9 Å². The van der Waals surface area contributed by atoms with Crippen LogP contribution in [0.2, 0.25) is 5.02 Å². The first-order valence-corrected chi connectivity index (χ1v) is 5.81. The number of hydrogen-bond donors (Lipinski definition) is 2. The Kier molecular flexibility index (Phi) is 4.03. The van der Waals surface area contributed by atoms with Gasteiger partial charge in [-0.15, -0.1) is 0 Å². The highest BCUT2D eigenvalue weighted by Gasteiger charge is 2.14. The fourth-order valence-electron chi connectivity index (χ4n) is 1.54. The van der Waals surface area contributed by atoms with Crippen LogP contribution in [0.5, 0.6) is 5.75 Å². The molecule has 1 amide bonds. The van der Waals surface area contributed by atoms with Crippen molar-refractivity contribution in [2.75, 3.05) is 0 Å². The van der Waals surface area contributed by atoms with Crippen LogP contribution in [0.4, 0.5) is 0 Å². The van der Waals surface area contributed by atoms with E-state index in [1.54, 1.807) is 19.1 Å². The predicted molar refractivity (Wildman–Crippen MR) is 68.7 cm³/mol. The maximum atomic E-state index is 11.4. The lowest BCUT2D eigenvalue weighted by atomic mass is 10.2. The van der Waals surface area contributed by atoms with Crippen LogP contribution in [0.3, 0.4) is 0 Å². The summed E-state index contributed by atoms with van der Waals surface area (Å²) >= 11 is 5.78. The van der Waals surface area contributed by atoms with Crippen LogP contribution in [0.25, 0.3) is 0 Å². The van der Waals surface area contributed by atoms with E-state index in [1.165, 1.54) is 12.4 Å². The van der Waals surface area contributed by atoms with Crippen LogP contribution < -0.4 is 16.0 Å². The van der Waals surface area contributed by atoms with Crippen molar-refractivity contribution in [2.45, 2.75) is 13.5 Å². The number of nitrogens with zero attached hydrogens (tertiary/aromatic N) is 1. The Balaban J connectivity index is 2.06. The Morgan fingerprint density at radius 3 is 3.00 bits per heavy atom. The highest BCUT2D eigenvalue weighted by atomic mass is 35.5. The number of aryl methyl sites for hydroxylation is 1. The van der Waals surface area contributed by atoms with E-state index >= 15 is 0 Å². The van der Waals surface area contributed by atoms with Gasteiger partial charge in [0.25, 0.3) is 0 Å². The molecule has 0 aliphatic carbocycles. The molecule has 19 heavy (non-hydrogen) atoms. The number of carbonyl (C=O) groups is 1. The first-order valence-electron chi connectivity index (χ1n) is 5.43. The molecular weight excluding hydrogens is 270 g/mol. The number of ether oxygens (including phenoxy) is 1. The summed E-state index contributed by atoms with van der Waals surface area (Å²) in [7, 11) is 0. The van der Waals surface area contributed by atoms with Crippen molar-refractivity contribution in [3.63, 3.8) is 0 Å². The number of furan rings is 1. The normalized spacial score (nSPS) is 10.3. The molecule has 0 aromatic carbocycles. The molecule has 0 saturated heterocycles. The quantitative estimate of drug-likeness (QED) is 0.507. The van der Waals surface area contributed by atoms with Crippen molar-refractivity contribution in [1.29, 1.82) is 0 Å². The molecule has 2 rings (SSSR count). The Hall–Kier alpha value is -2.05. The van der Waals surface area contributed by atoms with E-state index in [4.69, 9.17) is 26.6 Å². The molecule has 0 spiro atoms. The van der Waals surface area contributed by atoms with E-state index in [0.717, 1.165) is 0 Å². The molecule has 0 radical (unpaired) electrons. The molecule has 6 nitrogen and oxygen atoms in total. The zero-order valence-corrected chi connectivity index (χ0v) is 10.9. The minimum atomic E-state index is -0.479. The number of pyridine rings is 1. The summed E-state index contributed by atoms with van der Waals surface area (Å²) in [6, 6.07) is 3.35. The van der Waals surface area contributed by atoms with Gasteiger partial charge in [-0.25, -0.2) is 5.84 Å². The number of carbonyl (C=O) groups excluding carboxylic acids is 1. The largest absolute Gasteiger partial charge is 0.484 e. The molecular formula is C12H12ClN3O3. The summed E-state index contributed by atoms with van der Waals surface area (Å²) in [6.45, 7) is 1.92. The molecule has 0 fully saturated rings. The maximum Gasteiger partial charge on any atom is 0.301 e. The van der Waals surface area contributed by atoms with Crippen LogP contribution in [0, 0.1) is 6.92 Å². The number of halogens is 1. The highest BCUT2D eigenvalue weighted by Crippen LogP contribution is 2.19. The molecule has 0 saturated carbocycles. The van der Waals surface area contributed by atoms with Crippen LogP contribution in [0.1, 0.15) is 21.9 Å². The van der Waals surface area contributed by atoms with E-state index < -0.39 is 5.91 Å². The van der Waals surface area contributed by atoms with E-state index in [9.17, 15) is 4.79 Å². The van der Waals surface area contributed by atoms with E-state index in [0.29, 0.717) is 22.1 Å². The molecule has 3 N–H and O–H groups in total. The number of amides is 1. The minimum absolute atomic E-state index is 0.167. The highest BCUT2D eigenvalue weighted by molar-refractivity contribution is 6.30. The zero-order valence-electron chi connectivity index (χ0n) is 10.1. The molecule has 0 unspecified atom stereocenters. The number of nitrogens with two attached hydrogens (primary N) is 1. The summed E-state index contributed by atoms with van der Waals surface area (Å²) < 4.78 is 10.8. The fourth-order valence-corrected chi connectivity index (χ4v) is 1.70. The summed E-state index contributed by atoms with van der Waals surface area (Å²) in [5.41, 5.74) is 2.70. The predicted octanol–water partition coefficient (Wildman–Crippen LogP) is 1.82. The van der Waals surface area contributed by atoms with Crippen LogP contribution in [-0.2, 0) is 6.61 Å². The third-order valence-corrected chi connectivity index (χ3v) is 2.57. The molecule has 2 heterocycles. The number of hydrogen-bond acceptors (Lipinski definition) is 5. The fraction of sp³-hybridized carbons (Fsp3) is 0.167. The van der Waals surface area contributed by atoms with E-state index in [1.807, 2.05) is 5.43 Å². The molecule has 0 aliphatic heterocycles. The van der Waals surface area contributed by atoms with Gasteiger partial charge in [0.2, 0.25) is 0 Å². The van der Waals surface area contributed by atoms with Gasteiger partial charge in [0.1, 0.15) is 18.1 Å². The summed E-state index contributed by atoms with van der Waals surface area (Å²) in [4.78, 5) is 15.3. The van der Waals surface area contributed by atoms with E-state index in [2.05, 4.69) is 4.98 Å². The van der Waals surface area contributed by atoms with E-state index in [-0.39, 0.29) is 12.4 Å². The van der Waals surface area contributed by atoms with Gasteiger partial charge in [0.15, 0.2) is 5.76 Å². The molecule has 0 bridgehead atoms. The maximum absolute atomic E-state index is 11.4. The third kappa shape index (κ3) is 3.24. The zero-order chi connectivity index (χ0) is 13.8. The monoisotopic (exact) mass is 281 g/mol. The van der Waals surface area contributed by atoms with Crippen molar-refractivity contribution < 1.29 is 13.9 Å². The lowest BCUT2D eigenvalue weighted by Crippen LogP contribution is -2.30. The van der Waals surface area contributed by atoms with Crippen LogP contribution in [-0.4, -0.2) is 10.9 Å². The van der Waals surface area contributed by atoms with Crippen molar-refractivity contribution in [3.05, 3.63) is 46.6 Å². The van der Waals surface area contributed by atoms with Gasteiger partial charge < -0.3 is 9.15 Å². The Morgan fingerprint density at radius 1 is 1.53 bits per heavy atom. The first kappa shape index (κ1) is 13.4. The van der Waals surface area contributed by atoms with Gasteiger partial charge in [0, 0.05) is 17.8 Å². The first-order chi connectivity index (χ1) is 9.10. The molecule has 7 heteroatoms. The van der Waals surface area contributed by atoms with Crippen molar-refractivity contribution in [1.82, 2.24) is 10.4 Å². The average Bonchev–Trinajstić information content (AvgIpc) is 2.77. The average molecular weight is 282 g/mol. The number of aromatic nitrogens is 1. The Morgan fingerprint density at radius 2 is 2.32 bits per heavy atom. The molecule has 100 valence electrons. The van der Waals surface area contributed by atoms with Gasteiger partial charge in [-0.2, -0.15) is 0 Å². The second-order valence-electron chi connectivity index (χ2n) is 3.83. The summed E-state index contributed by atoms with van der Waals surface area (Å²) in [5, 5.41) is 0.483. The van der Waals surface area contributed by atoms with Gasteiger partial charge in [0.05, 0.1) is 11.2 Å². The standard InChI is InChI=1S/C12H12ClN3O3/c1-7-2-10(19-11(7)12(17)16-14)6-18-9-3-8(13)4-15-5-9/h2-5H,6,14H2,1H3,(H,16,17). The van der Waals surface area contributed by atoms with Gasteiger partial charge in [-0.1, -0.05) is 11.6 Å². The lowest BCUT2D eigenvalue weighted by Gasteiger charge is -2.03. The van der Waals surface area contributed by atoms with Gasteiger partial charge in [-0.3, -0.25) is 15.2 Å².